The van der Waals surface area contributed by atoms with Gasteiger partial charge in [-0.05, 0) is 53.6 Å². The van der Waals surface area contributed by atoms with Crippen molar-refractivity contribution in [3.05, 3.63) is 77.9 Å². The molecule has 5 rings (SSSR count). The van der Waals surface area contributed by atoms with Gasteiger partial charge < -0.3 is 20.1 Å². The van der Waals surface area contributed by atoms with Crippen LogP contribution < -0.4 is 5.32 Å². The number of nitrogens with zero attached hydrogens (tertiary/aromatic N) is 4. The summed E-state index contributed by atoms with van der Waals surface area (Å²) in [6.07, 6.45) is -0.553. The van der Waals surface area contributed by atoms with Gasteiger partial charge in [-0.3, -0.25) is 9.59 Å². The molecule has 1 atom stereocenters. The van der Waals surface area contributed by atoms with Gasteiger partial charge in [-0.1, -0.05) is 30.3 Å². The molecule has 11 heteroatoms. The fourth-order valence-electron chi connectivity index (χ4n) is 4.36. The average molecular weight is 498 g/mol. The number of nitrogens with one attached hydrogen (secondary N) is 2. The van der Waals surface area contributed by atoms with Crippen molar-refractivity contribution in [1.29, 1.82) is 0 Å². The van der Waals surface area contributed by atoms with E-state index in [2.05, 4.69) is 36.6 Å². The van der Waals surface area contributed by atoms with Crippen LogP contribution in [0.5, 0.6) is 0 Å². The number of hydrogen-bond donors (Lipinski definition) is 4. The van der Waals surface area contributed by atoms with Crippen molar-refractivity contribution in [3.63, 3.8) is 0 Å². The molecule has 11 nitrogen and oxygen atoms in total. The normalized spacial score (nSPS) is 12.0. The van der Waals surface area contributed by atoms with Crippen molar-refractivity contribution in [2.45, 2.75) is 25.4 Å². The number of para-hydroxylation sites is 1. The smallest absolute Gasteiger partial charge is 0.326 e. The van der Waals surface area contributed by atoms with Crippen LogP contribution in [0.4, 0.5) is 0 Å². The van der Waals surface area contributed by atoms with Crippen LogP contribution in [0.3, 0.4) is 0 Å². The van der Waals surface area contributed by atoms with E-state index >= 15 is 0 Å². The quantitative estimate of drug-likeness (QED) is 0.241. The highest BCUT2D eigenvalue weighted by atomic mass is 16.4. The predicted octanol–water partition coefficient (Wildman–Crippen LogP) is 3.07. The first-order chi connectivity index (χ1) is 17.9. The second-order valence-electron chi connectivity index (χ2n) is 8.56. The van der Waals surface area contributed by atoms with Gasteiger partial charge in [0.15, 0.2) is 0 Å². The molecule has 0 saturated carbocycles. The minimum atomic E-state index is -1.28. The highest BCUT2D eigenvalue weighted by Gasteiger charge is 2.21. The van der Waals surface area contributed by atoms with Crippen LogP contribution in [0.2, 0.25) is 0 Å². The highest BCUT2D eigenvalue weighted by Crippen LogP contribution is 2.32. The summed E-state index contributed by atoms with van der Waals surface area (Å²) in [6, 6.07) is 19.7. The Bertz CT molecular complexity index is 1610. The van der Waals surface area contributed by atoms with Gasteiger partial charge in [0.25, 0.3) is 5.91 Å². The number of benzene rings is 3. The molecule has 2 heterocycles. The van der Waals surface area contributed by atoms with Crippen molar-refractivity contribution < 1.29 is 24.6 Å². The first-order valence-corrected chi connectivity index (χ1v) is 11.5. The molecular formula is C26H22N6O5. The Morgan fingerprint density at radius 2 is 1.70 bits per heavy atom. The van der Waals surface area contributed by atoms with Crippen LogP contribution in [0.25, 0.3) is 33.2 Å². The molecule has 3 aromatic carbocycles. The van der Waals surface area contributed by atoms with Crippen LogP contribution >= 0.6 is 0 Å². The number of carboxylic acid groups (broad SMARTS) is 2. The van der Waals surface area contributed by atoms with Gasteiger partial charge in [0.1, 0.15) is 6.04 Å². The van der Waals surface area contributed by atoms with Gasteiger partial charge in [-0.15, -0.1) is 10.2 Å². The van der Waals surface area contributed by atoms with Crippen LogP contribution in [0.1, 0.15) is 28.8 Å². The Morgan fingerprint density at radius 1 is 0.946 bits per heavy atom. The molecule has 0 bridgehead atoms. The van der Waals surface area contributed by atoms with Crippen LogP contribution in [0, 0.1) is 0 Å². The summed E-state index contributed by atoms with van der Waals surface area (Å²) in [6.45, 7) is 0.545. The summed E-state index contributed by atoms with van der Waals surface area (Å²) in [5, 5.41) is 36.9. The zero-order chi connectivity index (χ0) is 25.9. The Balaban J connectivity index is 1.40. The lowest BCUT2D eigenvalue weighted by Crippen LogP contribution is -2.41. The number of fused-ring (bicyclic) bond motifs is 3. The van der Waals surface area contributed by atoms with Gasteiger partial charge >= 0.3 is 11.9 Å². The van der Waals surface area contributed by atoms with Crippen LogP contribution in [0.15, 0.2) is 66.7 Å². The summed E-state index contributed by atoms with van der Waals surface area (Å²) in [5.41, 5.74) is 4.16. The van der Waals surface area contributed by atoms with E-state index in [1.807, 2.05) is 48.5 Å². The molecule has 2 aromatic heterocycles. The van der Waals surface area contributed by atoms with Crippen molar-refractivity contribution in [1.82, 2.24) is 30.5 Å². The Kier molecular flexibility index (Phi) is 6.33. The highest BCUT2D eigenvalue weighted by molar-refractivity contribution is 6.09. The second-order valence-corrected chi connectivity index (χ2v) is 8.56. The molecule has 1 amide bonds. The van der Waals surface area contributed by atoms with E-state index < -0.39 is 23.9 Å². The molecule has 5 aromatic rings. The number of aromatic nitrogens is 5. The molecule has 186 valence electrons. The lowest BCUT2D eigenvalue weighted by molar-refractivity contribution is -0.140. The molecule has 0 unspecified atom stereocenters. The average Bonchev–Trinajstić information content (AvgIpc) is 3.54. The topological polar surface area (TPSA) is 163 Å². The third-order valence-electron chi connectivity index (χ3n) is 6.18. The molecule has 0 spiro atoms. The largest absolute Gasteiger partial charge is 0.481 e. The first kappa shape index (κ1) is 23.7. The molecule has 0 fully saturated rings. The third kappa shape index (κ3) is 4.87. The summed E-state index contributed by atoms with van der Waals surface area (Å²) >= 11 is 0. The van der Waals surface area contributed by atoms with Gasteiger partial charge in [-0.2, -0.15) is 5.21 Å². The van der Waals surface area contributed by atoms with Gasteiger partial charge in [0.2, 0.25) is 5.82 Å². The summed E-state index contributed by atoms with van der Waals surface area (Å²) in [7, 11) is 0. The van der Waals surface area contributed by atoms with Gasteiger partial charge in [0, 0.05) is 45.9 Å². The summed E-state index contributed by atoms with van der Waals surface area (Å²) < 4.78 is 2.19. The van der Waals surface area contributed by atoms with Crippen molar-refractivity contribution >= 4 is 39.7 Å². The lowest BCUT2D eigenvalue weighted by atomic mass is 10.1. The molecule has 0 aliphatic rings. The number of tetrazole rings is 1. The minimum Gasteiger partial charge on any atom is -0.481 e. The Morgan fingerprint density at radius 3 is 2.41 bits per heavy atom. The minimum absolute atomic E-state index is 0.198. The summed E-state index contributed by atoms with van der Waals surface area (Å²) in [5.74, 6) is -2.46. The van der Waals surface area contributed by atoms with Gasteiger partial charge in [-0.25, -0.2) is 4.79 Å². The Labute approximate surface area is 209 Å². The SMILES string of the molecule is O=C(O)CC[C@H](NC(=O)c1ccc(Cn2c3ccccc3c3cc(-c4nn[nH]n4)ccc32)cc1)C(=O)O. The van der Waals surface area contributed by atoms with Crippen molar-refractivity contribution in [3.8, 4) is 11.4 Å². The van der Waals surface area contributed by atoms with Gasteiger partial charge in [0.05, 0.1) is 0 Å². The second kappa shape index (κ2) is 9.90. The molecular weight excluding hydrogens is 476 g/mol. The lowest BCUT2D eigenvalue weighted by Gasteiger charge is -2.14. The number of carbonyl (C=O) groups excluding carboxylic acids is 1. The third-order valence-corrected chi connectivity index (χ3v) is 6.18. The van der Waals surface area contributed by atoms with E-state index in [-0.39, 0.29) is 18.4 Å². The first-order valence-electron chi connectivity index (χ1n) is 11.5. The molecule has 0 saturated heterocycles. The predicted molar refractivity (Wildman–Crippen MR) is 134 cm³/mol. The number of hydrogen-bond acceptors (Lipinski definition) is 6. The molecule has 37 heavy (non-hydrogen) atoms. The number of amides is 1. The fourth-order valence-corrected chi connectivity index (χ4v) is 4.36. The molecule has 4 N–H and O–H groups in total. The maximum Gasteiger partial charge on any atom is 0.326 e. The van der Waals surface area contributed by atoms with E-state index in [4.69, 9.17) is 5.11 Å². The van der Waals surface area contributed by atoms with Crippen molar-refractivity contribution in [2.75, 3.05) is 0 Å². The zero-order valence-corrected chi connectivity index (χ0v) is 19.5. The van der Waals surface area contributed by atoms with E-state index in [1.54, 1.807) is 12.1 Å². The number of carboxylic acids is 2. The number of aromatic amines is 1. The van der Waals surface area contributed by atoms with Crippen molar-refractivity contribution in [2.24, 2.45) is 0 Å². The fraction of sp³-hybridized carbons (Fsp3) is 0.154. The Hall–Kier alpha value is -5.06. The number of carbonyl (C=O) groups is 3. The summed E-state index contributed by atoms with van der Waals surface area (Å²) in [4.78, 5) is 34.7. The monoisotopic (exact) mass is 498 g/mol. The van der Waals surface area contributed by atoms with E-state index in [1.165, 1.54) is 0 Å². The van der Waals surface area contributed by atoms with Crippen LogP contribution in [-0.2, 0) is 16.1 Å². The number of rotatable bonds is 9. The maximum absolute atomic E-state index is 12.6. The van der Waals surface area contributed by atoms with E-state index in [0.29, 0.717) is 12.4 Å². The number of H-pyrrole nitrogens is 1. The van der Waals surface area contributed by atoms with Crippen LogP contribution in [-0.4, -0.2) is 59.3 Å². The molecule has 0 aliphatic heterocycles. The van der Waals surface area contributed by atoms with E-state index in [9.17, 15) is 19.5 Å². The zero-order valence-electron chi connectivity index (χ0n) is 19.5. The maximum atomic E-state index is 12.6. The van der Waals surface area contributed by atoms with E-state index in [0.717, 1.165) is 32.9 Å². The molecule has 0 aliphatic carbocycles. The standard InChI is InChI=1S/C26H22N6O5/c33-23(34)12-10-20(26(36)37)27-25(35)16-7-5-15(6-8-16)14-32-21-4-2-1-3-18(21)19-13-17(9-11-22(19)32)24-28-30-31-29-24/h1-9,11,13,20H,10,12,14H2,(H,27,35)(H,33,34)(H,36,37)(H,28,29,30,31)/t20-/m0/s1. The number of aliphatic carboxylic acids is 2. The molecule has 0 radical (unpaired) electrons.